The summed E-state index contributed by atoms with van der Waals surface area (Å²) in [4.78, 5) is 6.60. The number of hydrogen-bond donors (Lipinski definition) is 1. The van der Waals surface area contributed by atoms with E-state index in [0.717, 1.165) is 30.2 Å². The molecule has 1 N–H and O–H groups in total. The summed E-state index contributed by atoms with van der Waals surface area (Å²) in [7, 11) is 3.69. The Balaban J connectivity index is 1.61. The fraction of sp³-hybridized carbons (Fsp3) is 0.389. The Morgan fingerprint density at radius 1 is 1.44 bits per heavy atom. The third-order valence-electron chi connectivity index (χ3n) is 4.21. The standard InChI is InChI=1S/C18H22N6O/c1-20-18(21-10-15-5-3-14(9-19)4-6-15)24-7-8-25-17(13-24)16-11-22-23(2)12-16/h3-6,11-12,17H,7-8,10,13H2,1-2H3,(H,20,21). The first kappa shape index (κ1) is 17.0. The molecule has 0 bridgehead atoms. The number of nitriles is 1. The first-order chi connectivity index (χ1) is 12.2. The molecule has 7 nitrogen and oxygen atoms in total. The van der Waals surface area contributed by atoms with Crippen molar-refractivity contribution in [2.24, 2.45) is 12.0 Å². The van der Waals surface area contributed by atoms with Gasteiger partial charge in [0.1, 0.15) is 6.10 Å². The fourth-order valence-corrected chi connectivity index (χ4v) is 2.86. The van der Waals surface area contributed by atoms with Gasteiger partial charge in [-0.25, -0.2) is 0 Å². The van der Waals surface area contributed by atoms with Gasteiger partial charge < -0.3 is 15.0 Å². The number of guanidine groups is 1. The van der Waals surface area contributed by atoms with Crippen LogP contribution in [0.15, 0.2) is 41.7 Å². The second-order valence-corrected chi connectivity index (χ2v) is 5.96. The van der Waals surface area contributed by atoms with Gasteiger partial charge in [0.05, 0.1) is 31.0 Å². The van der Waals surface area contributed by atoms with E-state index < -0.39 is 0 Å². The molecule has 1 aromatic heterocycles. The van der Waals surface area contributed by atoms with Gasteiger partial charge in [-0.3, -0.25) is 9.67 Å². The summed E-state index contributed by atoms with van der Waals surface area (Å²) in [5.74, 6) is 0.849. The summed E-state index contributed by atoms with van der Waals surface area (Å²) in [6.07, 6.45) is 3.83. The van der Waals surface area contributed by atoms with E-state index >= 15 is 0 Å². The molecule has 25 heavy (non-hydrogen) atoms. The van der Waals surface area contributed by atoms with Crippen LogP contribution in [0, 0.1) is 11.3 Å². The number of aromatic nitrogens is 2. The van der Waals surface area contributed by atoms with Gasteiger partial charge in [0.25, 0.3) is 0 Å². The molecule has 1 saturated heterocycles. The van der Waals surface area contributed by atoms with E-state index in [9.17, 15) is 0 Å². The van der Waals surface area contributed by atoms with Crippen molar-refractivity contribution in [3.05, 3.63) is 53.3 Å². The molecular weight excluding hydrogens is 316 g/mol. The lowest BCUT2D eigenvalue weighted by atomic mass is 10.1. The lowest BCUT2D eigenvalue weighted by Gasteiger charge is -2.34. The minimum absolute atomic E-state index is 0.00379. The van der Waals surface area contributed by atoms with Gasteiger partial charge >= 0.3 is 0 Å². The van der Waals surface area contributed by atoms with Crippen LogP contribution < -0.4 is 5.32 Å². The predicted molar refractivity (Wildman–Crippen MR) is 94.8 cm³/mol. The molecule has 1 unspecified atom stereocenters. The highest BCUT2D eigenvalue weighted by Gasteiger charge is 2.25. The fourth-order valence-electron chi connectivity index (χ4n) is 2.86. The first-order valence-electron chi connectivity index (χ1n) is 8.24. The average molecular weight is 338 g/mol. The van der Waals surface area contributed by atoms with Gasteiger partial charge in [0.2, 0.25) is 0 Å². The average Bonchev–Trinajstić information content (AvgIpc) is 3.09. The highest BCUT2D eigenvalue weighted by atomic mass is 16.5. The Labute approximate surface area is 147 Å². The number of hydrogen-bond acceptors (Lipinski definition) is 4. The molecule has 1 fully saturated rings. The first-order valence-corrected chi connectivity index (χ1v) is 8.24. The molecule has 7 heteroatoms. The minimum Gasteiger partial charge on any atom is -0.370 e. The molecule has 0 spiro atoms. The number of benzene rings is 1. The van der Waals surface area contributed by atoms with E-state index in [1.54, 1.807) is 11.7 Å². The molecule has 130 valence electrons. The molecular formula is C18H22N6O. The quantitative estimate of drug-likeness (QED) is 0.677. The maximum Gasteiger partial charge on any atom is 0.194 e. The second kappa shape index (κ2) is 7.81. The maximum atomic E-state index is 8.87. The van der Waals surface area contributed by atoms with Crippen molar-refractivity contribution < 1.29 is 4.74 Å². The SMILES string of the molecule is CN=C(NCc1ccc(C#N)cc1)N1CCOC(c2cnn(C)c2)C1. The number of rotatable bonds is 3. The monoisotopic (exact) mass is 338 g/mol. The molecule has 1 aliphatic heterocycles. The smallest absolute Gasteiger partial charge is 0.194 e. The molecule has 0 radical (unpaired) electrons. The highest BCUT2D eigenvalue weighted by molar-refractivity contribution is 5.80. The molecule has 2 heterocycles. The van der Waals surface area contributed by atoms with Gasteiger partial charge in [-0.05, 0) is 17.7 Å². The Morgan fingerprint density at radius 2 is 2.24 bits per heavy atom. The molecule has 0 saturated carbocycles. The molecule has 1 aromatic carbocycles. The predicted octanol–water partition coefficient (Wildman–Crippen LogP) is 1.44. The Kier molecular flexibility index (Phi) is 5.31. The summed E-state index contributed by atoms with van der Waals surface area (Å²) < 4.78 is 7.67. The number of nitrogens with one attached hydrogen (secondary N) is 1. The summed E-state index contributed by atoms with van der Waals surface area (Å²) in [6, 6.07) is 9.69. The van der Waals surface area contributed by atoms with Crippen molar-refractivity contribution in [1.29, 1.82) is 5.26 Å². The van der Waals surface area contributed by atoms with Gasteiger partial charge in [0.15, 0.2) is 5.96 Å². The van der Waals surface area contributed by atoms with Crippen LogP contribution in [0.25, 0.3) is 0 Å². The summed E-state index contributed by atoms with van der Waals surface area (Å²) >= 11 is 0. The minimum atomic E-state index is -0.00379. The van der Waals surface area contributed by atoms with Crippen LogP contribution in [0.1, 0.15) is 22.8 Å². The Bertz CT molecular complexity index is 774. The van der Waals surface area contributed by atoms with Crippen LogP contribution in [0.4, 0.5) is 0 Å². The number of ether oxygens (including phenoxy) is 1. The van der Waals surface area contributed by atoms with Crippen molar-refractivity contribution >= 4 is 5.96 Å². The Hall–Kier alpha value is -2.85. The maximum absolute atomic E-state index is 8.87. The second-order valence-electron chi connectivity index (χ2n) is 5.96. The normalized spacial score (nSPS) is 18.0. The molecule has 1 atom stereocenters. The lowest BCUT2D eigenvalue weighted by Crippen LogP contribution is -2.47. The lowest BCUT2D eigenvalue weighted by molar-refractivity contribution is -0.00805. The topological polar surface area (TPSA) is 78.5 Å². The van der Waals surface area contributed by atoms with Gasteiger partial charge in [-0.15, -0.1) is 0 Å². The van der Waals surface area contributed by atoms with Crippen LogP contribution >= 0.6 is 0 Å². The van der Waals surface area contributed by atoms with E-state index in [4.69, 9.17) is 10.00 Å². The molecule has 2 aromatic rings. The number of morpholine rings is 1. The zero-order chi connectivity index (χ0) is 17.6. The number of nitrogens with zero attached hydrogens (tertiary/aromatic N) is 5. The van der Waals surface area contributed by atoms with Crippen LogP contribution in [0.3, 0.4) is 0 Å². The van der Waals surface area contributed by atoms with E-state index in [1.807, 2.05) is 43.7 Å². The molecule has 0 aliphatic carbocycles. The zero-order valence-corrected chi connectivity index (χ0v) is 14.5. The zero-order valence-electron chi connectivity index (χ0n) is 14.5. The van der Waals surface area contributed by atoms with Crippen LogP contribution in [-0.4, -0.2) is 47.4 Å². The summed E-state index contributed by atoms with van der Waals surface area (Å²) in [5, 5.41) is 16.5. The Morgan fingerprint density at radius 3 is 2.88 bits per heavy atom. The molecule has 3 rings (SSSR count). The molecule has 1 aliphatic rings. The van der Waals surface area contributed by atoms with Crippen molar-refractivity contribution in [3.8, 4) is 6.07 Å². The van der Waals surface area contributed by atoms with E-state index in [-0.39, 0.29) is 6.10 Å². The third-order valence-corrected chi connectivity index (χ3v) is 4.21. The van der Waals surface area contributed by atoms with Crippen molar-refractivity contribution in [2.75, 3.05) is 26.7 Å². The summed E-state index contributed by atoms with van der Waals surface area (Å²) in [5.41, 5.74) is 2.85. The van der Waals surface area contributed by atoms with Gasteiger partial charge in [-0.1, -0.05) is 12.1 Å². The molecule has 0 amide bonds. The van der Waals surface area contributed by atoms with E-state index in [1.165, 1.54) is 0 Å². The van der Waals surface area contributed by atoms with Crippen LogP contribution in [-0.2, 0) is 18.3 Å². The van der Waals surface area contributed by atoms with Crippen LogP contribution in [0.2, 0.25) is 0 Å². The van der Waals surface area contributed by atoms with Crippen molar-refractivity contribution in [3.63, 3.8) is 0 Å². The number of aryl methyl sites for hydroxylation is 1. The van der Waals surface area contributed by atoms with Crippen LogP contribution in [0.5, 0.6) is 0 Å². The van der Waals surface area contributed by atoms with Crippen molar-refractivity contribution in [2.45, 2.75) is 12.6 Å². The van der Waals surface area contributed by atoms with Crippen molar-refractivity contribution in [1.82, 2.24) is 20.0 Å². The van der Waals surface area contributed by atoms with E-state index in [0.29, 0.717) is 18.7 Å². The number of aliphatic imine (C=N–C) groups is 1. The third kappa shape index (κ3) is 4.17. The van der Waals surface area contributed by atoms with Gasteiger partial charge in [-0.2, -0.15) is 10.4 Å². The van der Waals surface area contributed by atoms with Gasteiger partial charge in [0, 0.05) is 38.9 Å². The largest absolute Gasteiger partial charge is 0.370 e. The van der Waals surface area contributed by atoms with E-state index in [2.05, 4.69) is 26.4 Å². The highest BCUT2D eigenvalue weighted by Crippen LogP contribution is 2.21. The summed E-state index contributed by atoms with van der Waals surface area (Å²) in [6.45, 7) is 2.84.